The van der Waals surface area contributed by atoms with Gasteiger partial charge in [0, 0.05) is 30.3 Å². The lowest BCUT2D eigenvalue weighted by Gasteiger charge is -2.35. The van der Waals surface area contributed by atoms with Crippen LogP contribution in [0, 0.1) is 0 Å². The van der Waals surface area contributed by atoms with Crippen LogP contribution >= 0.6 is 15.9 Å². The number of aliphatic hydroxyl groups excluding tert-OH is 1. The van der Waals surface area contributed by atoms with Crippen molar-refractivity contribution in [2.75, 3.05) is 13.1 Å². The van der Waals surface area contributed by atoms with E-state index >= 15 is 0 Å². The molecule has 0 spiro atoms. The summed E-state index contributed by atoms with van der Waals surface area (Å²) >= 11 is 3.38. The summed E-state index contributed by atoms with van der Waals surface area (Å²) in [6, 6.07) is 1.84. The lowest BCUT2D eigenvalue weighted by molar-refractivity contribution is 0.00518. The van der Waals surface area contributed by atoms with Crippen LogP contribution in [0.15, 0.2) is 16.7 Å². The van der Waals surface area contributed by atoms with Crippen molar-refractivity contribution >= 4 is 21.8 Å². The monoisotopic (exact) mass is 286 g/mol. The van der Waals surface area contributed by atoms with Gasteiger partial charge in [-0.2, -0.15) is 0 Å². The summed E-state index contributed by atoms with van der Waals surface area (Å²) in [7, 11) is 0. The summed E-state index contributed by atoms with van der Waals surface area (Å²) in [5.74, 6) is 0.00412. The van der Waals surface area contributed by atoms with Gasteiger partial charge < -0.3 is 14.6 Å². The SMILES string of the molecule is CCCn1cc(Br)cc1C(=O)N1CC(O)C1. The number of aliphatic hydroxyl groups is 1. The Morgan fingerprint density at radius 1 is 1.62 bits per heavy atom. The Kier molecular flexibility index (Phi) is 3.35. The van der Waals surface area contributed by atoms with E-state index in [1.54, 1.807) is 4.90 Å². The highest BCUT2D eigenvalue weighted by molar-refractivity contribution is 9.10. The second-order valence-corrected chi connectivity index (χ2v) is 5.02. The van der Waals surface area contributed by atoms with E-state index in [0.717, 1.165) is 17.4 Å². The highest BCUT2D eigenvalue weighted by Gasteiger charge is 2.30. The minimum absolute atomic E-state index is 0.00412. The molecule has 1 aliphatic heterocycles. The molecular weight excluding hydrogens is 272 g/mol. The van der Waals surface area contributed by atoms with Crippen molar-refractivity contribution in [2.45, 2.75) is 26.0 Å². The molecule has 5 heteroatoms. The second-order valence-electron chi connectivity index (χ2n) is 4.10. The molecule has 1 aromatic rings. The molecule has 2 heterocycles. The van der Waals surface area contributed by atoms with E-state index in [0.29, 0.717) is 18.8 Å². The Hall–Kier alpha value is -0.810. The van der Waals surface area contributed by atoms with Gasteiger partial charge in [0.05, 0.1) is 6.10 Å². The van der Waals surface area contributed by atoms with Gasteiger partial charge in [0.1, 0.15) is 5.69 Å². The van der Waals surface area contributed by atoms with Crippen LogP contribution in [0.2, 0.25) is 0 Å². The van der Waals surface area contributed by atoms with Gasteiger partial charge in [-0.3, -0.25) is 4.79 Å². The van der Waals surface area contributed by atoms with Crippen LogP contribution in [0.4, 0.5) is 0 Å². The number of likely N-dealkylation sites (tertiary alicyclic amines) is 1. The summed E-state index contributed by atoms with van der Waals surface area (Å²) in [6.07, 6.45) is 2.57. The fourth-order valence-corrected chi connectivity index (χ4v) is 2.33. The first-order valence-electron chi connectivity index (χ1n) is 5.45. The molecule has 1 fully saturated rings. The lowest BCUT2D eigenvalue weighted by atomic mass is 10.1. The normalized spacial score (nSPS) is 16.3. The number of halogens is 1. The van der Waals surface area contributed by atoms with Crippen LogP contribution in [0.1, 0.15) is 23.8 Å². The zero-order valence-electron chi connectivity index (χ0n) is 9.19. The van der Waals surface area contributed by atoms with E-state index in [9.17, 15) is 9.90 Å². The van der Waals surface area contributed by atoms with Crippen molar-refractivity contribution in [3.8, 4) is 0 Å². The van der Waals surface area contributed by atoms with Crippen LogP contribution in [-0.4, -0.2) is 39.7 Å². The fraction of sp³-hybridized carbons (Fsp3) is 0.545. The van der Waals surface area contributed by atoms with Crippen LogP contribution in [0.5, 0.6) is 0 Å². The fourth-order valence-electron chi connectivity index (χ4n) is 1.86. The van der Waals surface area contributed by atoms with Gasteiger partial charge in [-0.15, -0.1) is 0 Å². The zero-order valence-corrected chi connectivity index (χ0v) is 10.8. The molecule has 2 rings (SSSR count). The number of β-amino-alcohol motifs (C(OH)–C–C–N with tert-alkyl or cyclic N) is 1. The molecule has 0 atom stereocenters. The Balaban J connectivity index is 2.15. The van der Waals surface area contributed by atoms with Gasteiger partial charge in [0.15, 0.2) is 0 Å². The van der Waals surface area contributed by atoms with Crippen molar-refractivity contribution in [3.63, 3.8) is 0 Å². The topological polar surface area (TPSA) is 45.5 Å². The molecule has 0 radical (unpaired) electrons. The van der Waals surface area contributed by atoms with Gasteiger partial charge >= 0.3 is 0 Å². The van der Waals surface area contributed by atoms with Gasteiger partial charge in [-0.05, 0) is 28.4 Å². The van der Waals surface area contributed by atoms with Crippen LogP contribution in [0.3, 0.4) is 0 Å². The molecule has 1 N–H and O–H groups in total. The maximum atomic E-state index is 12.1. The highest BCUT2D eigenvalue weighted by Crippen LogP contribution is 2.19. The van der Waals surface area contributed by atoms with E-state index in [2.05, 4.69) is 22.9 Å². The number of carbonyl (C=O) groups excluding carboxylic acids is 1. The predicted molar refractivity (Wildman–Crippen MR) is 64.3 cm³/mol. The van der Waals surface area contributed by atoms with Gasteiger partial charge in [-0.25, -0.2) is 0 Å². The smallest absolute Gasteiger partial charge is 0.270 e. The minimum Gasteiger partial charge on any atom is -0.389 e. The molecule has 0 aliphatic carbocycles. The van der Waals surface area contributed by atoms with Crippen molar-refractivity contribution in [2.24, 2.45) is 0 Å². The van der Waals surface area contributed by atoms with Crippen LogP contribution in [-0.2, 0) is 6.54 Å². The third-order valence-corrected chi connectivity index (χ3v) is 3.13. The second kappa shape index (κ2) is 4.59. The van der Waals surface area contributed by atoms with E-state index in [-0.39, 0.29) is 12.0 Å². The number of nitrogens with zero attached hydrogens (tertiary/aromatic N) is 2. The summed E-state index contributed by atoms with van der Waals surface area (Å²) in [4.78, 5) is 13.7. The molecule has 1 saturated heterocycles. The number of hydrogen-bond donors (Lipinski definition) is 1. The van der Waals surface area contributed by atoms with E-state index in [4.69, 9.17) is 0 Å². The molecule has 16 heavy (non-hydrogen) atoms. The number of amides is 1. The van der Waals surface area contributed by atoms with Crippen molar-refractivity contribution in [1.82, 2.24) is 9.47 Å². The molecule has 0 unspecified atom stereocenters. The summed E-state index contributed by atoms with van der Waals surface area (Å²) in [5.41, 5.74) is 0.695. The Morgan fingerprint density at radius 3 is 2.88 bits per heavy atom. The third-order valence-electron chi connectivity index (χ3n) is 2.70. The van der Waals surface area contributed by atoms with Crippen molar-refractivity contribution in [1.29, 1.82) is 0 Å². The van der Waals surface area contributed by atoms with E-state index in [1.165, 1.54) is 0 Å². The Labute approximate surface area is 103 Å². The average Bonchev–Trinajstić information content (AvgIpc) is 2.54. The first kappa shape index (κ1) is 11.7. The molecule has 4 nitrogen and oxygen atoms in total. The summed E-state index contributed by atoms with van der Waals surface area (Å²) in [5, 5.41) is 9.18. The van der Waals surface area contributed by atoms with Crippen molar-refractivity contribution in [3.05, 3.63) is 22.4 Å². The molecule has 1 aromatic heterocycles. The average molecular weight is 287 g/mol. The zero-order chi connectivity index (χ0) is 11.7. The first-order chi connectivity index (χ1) is 7.61. The third kappa shape index (κ3) is 2.15. The summed E-state index contributed by atoms with van der Waals surface area (Å²) < 4.78 is 2.88. The number of carbonyl (C=O) groups is 1. The van der Waals surface area contributed by atoms with Gasteiger partial charge in [-0.1, -0.05) is 6.92 Å². The molecular formula is C11H15BrN2O2. The number of hydrogen-bond acceptors (Lipinski definition) is 2. The minimum atomic E-state index is -0.345. The van der Waals surface area contributed by atoms with Crippen LogP contribution < -0.4 is 0 Å². The predicted octanol–water partition coefficient (Wildman–Crippen LogP) is 1.48. The highest BCUT2D eigenvalue weighted by atomic mass is 79.9. The maximum absolute atomic E-state index is 12.1. The molecule has 88 valence electrons. The maximum Gasteiger partial charge on any atom is 0.270 e. The van der Waals surface area contributed by atoms with Gasteiger partial charge in [0.2, 0.25) is 0 Å². The van der Waals surface area contributed by atoms with Gasteiger partial charge in [0.25, 0.3) is 5.91 Å². The number of aryl methyl sites for hydroxylation is 1. The molecule has 0 aromatic carbocycles. The number of rotatable bonds is 3. The van der Waals surface area contributed by atoms with Crippen LogP contribution in [0.25, 0.3) is 0 Å². The standard InChI is InChI=1S/C11H15BrN2O2/c1-2-3-13-5-8(12)4-10(13)11(16)14-6-9(15)7-14/h4-5,9,15H,2-3,6-7H2,1H3. The Morgan fingerprint density at radius 2 is 2.31 bits per heavy atom. The van der Waals surface area contributed by atoms with Crippen molar-refractivity contribution < 1.29 is 9.90 Å². The quantitative estimate of drug-likeness (QED) is 0.915. The molecule has 1 amide bonds. The largest absolute Gasteiger partial charge is 0.389 e. The summed E-state index contributed by atoms with van der Waals surface area (Å²) in [6.45, 7) is 3.82. The lowest BCUT2D eigenvalue weighted by Crippen LogP contribution is -2.53. The molecule has 0 bridgehead atoms. The van der Waals surface area contributed by atoms with E-state index < -0.39 is 0 Å². The first-order valence-corrected chi connectivity index (χ1v) is 6.24. The molecule has 1 aliphatic rings. The Bertz CT molecular complexity index is 397. The van der Waals surface area contributed by atoms with E-state index in [1.807, 2.05) is 16.8 Å². The number of aromatic nitrogens is 1. The molecule has 0 saturated carbocycles.